The number of hydrogen-bond donors (Lipinski definition) is 1. The summed E-state index contributed by atoms with van der Waals surface area (Å²) >= 11 is 0. The molecule has 0 aromatic heterocycles. The van der Waals surface area contributed by atoms with Crippen molar-refractivity contribution in [2.45, 2.75) is 57.1 Å². The van der Waals surface area contributed by atoms with E-state index in [4.69, 9.17) is 9.47 Å². The highest BCUT2D eigenvalue weighted by atomic mass is 32.2. The first-order valence-corrected chi connectivity index (χ1v) is 15.4. The summed E-state index contributed by atoms with van der Waals surface area (Å²) in [5.41, 5.74) is 0.798. The Bertz CT molecular complexity index is 1480. The molecule has 2 amide bonds. The number of ether oxygens (including phenoxy) is 2. The van der Waals surface area contributed by atoms with E-state index in [0.717, 1.165) is 4.31 Å². The van der Waals surface area contributed by atoms with E-state index in [2.05, 4.69) is 5.32 Å². The number of amides is 2. The fourth-order valence-corrected chi connectivity index (χ4v) is 6.01. The van der Waals surface area contributed by atoms with Gasteiger partial charge >= 0.3 is 0 Å². The van der Waals surface area contributed by atoms with Gasteiger partial charge in [0.2, 0.25) is 11.8 Å². The molecule has 2 atom stereocenters. The number of carbonyl (C=O) groups excluding carboxylic acids is 2. The summed E-state index contributed by atoms with van der Waals surface area (Å²) < 4.78 is 53.9. The Kier molecular flexibility index (Phi) is 10.1. The maximum Gasteiger partial charge on any atom is 0.264 e. The highest BCUT2D eigenvalue weighted by Crippen LogP contribution is 2.36. The molecule has 4 rings (SSSR count). The molecule has 1 aliphatic heterocycles. The van der Waals surface area contributed by atoms with Crippen LogP contribution in [0.15, 0.2) is 77.7 Å². The van der Waals surface area contributed by atoms with Gasteiger partial charge in [0, 0.05) is 18.7 Å². The summed E-state index contributed by atoms with van der Waals surface area (Å²) in [6, 6.07) is 17.1. The molecule has 1 heterocycles. The predicted molar refractivity (Wildman–Crippen MR) is 157 cm³/mol. The minimum Gasteiger partial charge on any atom is -0.486 e. The minimum atomic E-state index is -4.22. The highest BCUT2D eigenvalue weighted by Gasteiger charge is 2.34. The Morgan fingerprint density at radius 3 is 2.24 bits per heavy atom. The molecular formula is C31H36FN3O6S. The van der Waals surface area contributed by atoms with Gasteiger partial charge in [-0.1, -0.05) is 44.2 Å². The molecule has 3 aromatic rings. The van der Waals surface area contributed by atoms with Crippen molar-refractivity contribution < 1.29 is 31.9 Å². The fraction of sp³-hybridized carbons (Fsp3) is 0.355. The zero-order chi connectivity index (χ0) is 30.3. The molecule has 11 heteroatoms. The zero-order valence-corrected chi connectivity index (χ0v) is 24.8. The van der Waals surface area contributed by atoms with Crippen LogP contribution < -0.4 is 19.1 Å². The summed E-state index contributed by atoms with van der Waals surface area (Å²) in [4.78, 5) is 28.8. The molecule has 0 fully saturated rings. The molecular weight excluding hydrogens is 561 g/mol. The lowest BCUT2D eigenvalue weighted by Crippen LogP contribution is -2.53. The van der Waals surface area contributed by atoms with E-state index in [0.29, 0.717) is 36.7 Å². The first kappa shape index (κ1) is 30.8. The van der Waals surface area contributed by atoms with Gasteiger partial charge in [-0.25, -0.2) is 12.8 Å². The molecule has 0 saturated heterocycles. The molecule has 42 heavy (non-hydrogen) atoms. The monoisotopic (exact) mass is 597 g/mol. The standard InChI is InChI=1S/C31H36FN3O6S/c1-4-22(3)33-31(37)27(5-2)34(20-23-11-13-24(32)14-12-23)30(36)21-35(42(38,39)26-9-7-6-8-10-26)25-15-16-28-29(19-25)41-18-17-40-28/h6-16,19,22,27H,4-5,17-18,20-21H2,1-3H3,(H,33,37)/t22-,27+/m0/s1. The van der Waals surface area contributed by atoms with Crippen LogP contribution in [0.1, 0.15) is 39.2 Å². The Labute approximate surface area is 246 Å². The van der Waals surface area contributed by atoms with Crippen LogP contribution >= 0.6 is 0 Å². The van der Waals surface area contributed by atoms with Crippen molar-refractivity contribution in [3.8, 4) is 11.5 Å². The second-order valence-corrected chi connectivity index (χ2v) is 11.9. The Balaban J connectivity index is 1.75. The summed E-state index contributed by atoms with van der Waals surface area (Å²) in [7, 11) is -4.22. The van der Waals surface area contributed by atoms with Crippen molar-refractivity contribution in [2.24, 2.45) is 0 Å². The van der Waals surface area contributed by atoms with Gasteiger partial charge in [0.15, 0.2) is 11.5 Å². The van der Waals surface area contributed by atoms with Crippen molar-refractivity contribution in [1.82, 2.24) is 10.2 Å². The van der Waals surface area contributed by atoms with E-state index in [9.17, 15) is 22.4 Å². The van der Waals surface area contributed by atoms with E-state index in [1.807, 2.05) is 13.8 Å². The first-order chi connectivity index (χ1) is 20.1. The van der Waals surface area contributed by atoms with Gasteiger partial charge in [-0.2, -0.15) is 0 Å². The third kappa shape index (κ3) is 7.20. The van der Waals surface area contributed by atoms with Crippen LogP contribution in [0, 0.1) is 5.82 Å². The van der Waals surface area contributed by atoms with Crippen molar-refractivity contribution in [2.75, 3.05) is 24.1 Å². The number of fused-ring (bicyclic) bond motifs is 1. The number of halogens is 1. The fourth-order valence-electron chi connectivity index (χ4n) is 4.58. The summed E-state index contributed by atoms with van der Waals surface area (Å²) in [6.07, 6.45) is 0.978. The first-order valence-electron chi connectivity index (χ1n) is 14.0. The van der Waals surface area contributed by atoms with Crippen LogP contribution in [0.4, 0.5) is 10.1 Å². The number of sulfonamides is 1. The van der Waals surface area contributed by atoms with Gasteiger partial charge in [0.1, 0.15) is 31.6 Å². The molecule has 0 unspecified atom stereocenters. The van der Waals surface area contributed by atoms with Crippen LogP contribution in [0.2, 0.25) is 0 Å². The second kappa shape index (κ2) is 13.7. The van der Waals surface area contributed by atoms with Crippen molar-refractivity contribution in [3.63, 3.8) is 0 Å². The normalized spacial score (nSPS) is 14.0. The molecule has 224 valence electrons. The van der Waals surface area contributed by atoms with Crippen LogP contribution in [-0.2, 0) is 26.2 Å². The average Bonchev–Trinajstić information content (AvgIpc) is 3.00. The number of hydrogen-bond acceptors (Lipinski definition) is 6. The lowest BCUT2D eigenvalue weighted by Gasteiger charge is -2.34. The molecule has 0 saturated carbocycles. The SMILES string of the molecule is CC[C@H](C(=O)N[C@@H](C)CC)N(Cc1ccc(F)cc1)C(=O)CN(c1ccc2c(c1)OCCO2)S(=O)(=O)c1ccccc1. The number of anilines is 1. The number of rotatable bonds is 12. The van der Waals surface area contributed by atoms with E-state index in [1.165, 1.54) is 47.4 Å². The van der Waals surface area contributed by atoms with E-state index >= 15 is 0 Å². The number of benzene rings is 3. The van der Waals surface area contributed by atoms with Crippen LogP contribution in [0.5, 0.6) is 11.5 Å². The maximum atomic E-state index is 14.1. The van der Waals surface area contributed by atoms with Crippen LogP contribution in [0.3, 0.4) is 0 Å². The van der Waals surface area contributed by atoms with E-state index < -0.39 is 34.3 Å². The smallest absolute Gasteiger partial charge is 0.264 e. The second-order valence-electron chi connectivity index (χ2n) is 10.0. The topological polar surface area (TPSA) is 105 Å². The molecule has 0 aliphatic carbocycles. The lowest BCUT2D eigenvalue weighted by molar-refractivity contribution is -0.140. The van der Waals surface area contributed by atoms with Crippen molar-refractivity contribution in [3.05, 3.63) is 84.2 Å². The minimum absolute atomic E-state index is 0.000621. The number of carbonyl (C=O) groups is 2. The third-order valence-electron chi connectivity index (χ3n) is 7.08. The average molecular weight is 598 g/mol. The third-order valence-corrected chi connectivity index (χ3v) is 8.87. The molecule has 3 aromatic carbocycles. The van der Waals surface area contributed by atoms with Crippen LogP contribution in [0.25, 0.3) is 0 Å². The Hall–Kier alpha value is -4.12. The zero-order valence-electron chi connectivity index (χ0n) is 24.0. The van der Waals surface area contributed by atoms with Gasteiger partial charge in [-0.05, 0) is 61.7 Å². The molecule has 0 spiro atoms. The van der Waals surface area contributed by atoms with Gasteiger partial charge in [-0.3, -0.25) is 13.9 Å². The summed E-state index contributed by atoms with van der Waals surface area (Å²) in [5.74, 6) is -0.544. The van der Waals surface area contributed by atoms with Crippen LogP contribution in [-0.4, -0.2) is 57.0 Å². The van der Waals surface area contributed by atoms with Gasteiger partial charge in [0.25, 0.3) is 10.0 Å². The molecule has 1 aliphatic rings. The number of nitrogens with one attached hydrogen (secondary N) is 1. The molecule has 1 N–H and O–H groups in total. The van der Waals surface area contributed by atoms with Gasteiger partial charge in [-0.15, -0.1) is 0 Å². The van der Waals surface area contributed by atoms with Gasteiger partial charge in [0.05, 0.1) is 10.6 Å². The Morgan fingerprint density at radius 2 is 1.60 bits per heavy atom. The molecule has 0 radical (unpaired) electrons. The lowest BCUT2D eigenvalue weighted by atomic mass is 10.1. The molecule has 0 bridgehead atoms. The van der Waals surface area contributed by atoms with Crippen molar-refractivity contribution in [1.29, 1.82) is 0 Å². The predicted octanol–water partition coefficient (Wildman–Crippen LogP) is 4.51. The molecule has 9 nitrogen and oxygen atoms in total. The maximum absolute atomic E-state index is 14.1. The Morgan fingerprint density at radius 1 is 0.929 bits per heavy atom. The van der Waals surface area contributed by atoms with E-state index in [-0.39, 0.29) is 35.5 Å². The highest BCUT2D eigenvalue weighted by molar-refractivity contribution is 7.92. The summed E-state index contributed by atoms with van der Waals surface area (Å²) in [5, 5.41) is 2.93. The largest absolute Gasteiger partial charge is 0.486 e. The quantitative estimate of drug-likeness (QED) is 0.329. The van der Waals surface area contributed by atoms with Crippen molar-refractivity contribution >= 4 is 27.5 Å². The summed E-state index contributed by atoms with van der Waals surface area (Å²) in [6.45, 7) is 5.64. The van der Waals surface area contributed by atoms with E-state index in [1.54, 1.807) is 37.3 Å². The van der Waals surface area contributed by atoms with Gasteiger partial charge < -0.3 is 19.7 Å². The number of nitrogens with zero attached hydrogens (tertiary/aromatic N) is 2.